The molecule has 0 spiro atoms. The zero-order valence-corrected chi connectivity index (χ0v) is 20.5. The first kappa shape index (κ1) is 27.2. The Morgan fingerprint density at radius 2 is 1.39 bits per heavy atom. The second-order valence-electron chi connectivity index (χ2n) is 7.68. The van der Waals surface area contributed by atoms with E-state index < -0.39 is 0 Å². The second kappa shape index (κ2) is 16.6. The molecule has 2 atom stereocenters. The molecule has 0 aliphatic carbocycles. The van der Waals surface area contributed by atoms with Gasteiger partial charge in [0.15, 0.2) is 12.6 Å². The van der Waals surface area contributed by atoms with Gasteiger partial charge < -0.3 is 18.9 Å². The van der Waals surface area contributed by atoms with Crippen LogP contribution in [0.3, 0.4) is 0 Å². The van der Waals surface area contributed by atoms with Crippen molar-refractivity contribution in [2.45, 2.75) is 71.2 Å². The normalized spacial score (nSPS) is 19.8. The van der Waals surface area contributed by atoms with Crippen LogP contribution < -0.4 is 0 Å². The van der Waals surface area contributed by atoms with Crippen molar-refractivity contribution in [3.63, 3.8) is 0 Å². The van der Waals surface area contributed by atoms with Crippen LogP contribution >= 0.6 is 15.9 Å². The van der Waals surface area contributed by atoms with Crippen molar-refractivity contribution in [2.75, 3.05) is 13.2 Å². The SMILES string of the molecule is Brc1cncc(COC2CCCCO2)c1.Cc1cncc(COC2CCCCO2)c1.O=C=O. The minimum atomic E-state index is -0.0299. The summed E-state index contributed by atoms with van der Waals surface area (Å²) in [5.74, 6) is 0. The fourth-order valence-corrected chi connectivity index (χ4v) is 3.71. The van der Waals surface area contributed by atoms with E-state index in [4.69, 9.17) is 28.5 Å². The van der Waals surface area contributed by atoms with Crippen molar-refractivity contribution < 1.29 is 28.5 Å². The van der Waals surface area contributed by atoms with Crippen LogP contribution in [0.5, 0.6) is 0 Å². The van der Waals surface area contributed by atoms with E-state index >= 15 is 0 Å². The van der Waals surface area contributed by atoms with Crippen LogP contribution in [0, 0.1) is 6.92 Å². The number of hydrogen-bond donors (Lipinski definition) is 0. The maximum Gasteiger partial charge on any atom is 0.373 e. The number of nitrogens with zero attached hydrogens (tertiary/aromatic N) is 2. The number of aryl methyl sites for hydroxylation is 1. The third-order valence-corrected chi connectivity index (χ3v) is 5.27. The lowest BCUT2D eigenvalue weighted by Crippen LogP contribution is -2.22. The second-order valence-corrected chi connectivity index (χ2v) is 8.60. The molecule has 180 valence electrons. The summed E-state index contributed by atoms with van der Waals surface area (Å²) in [4.78, 5) is 24.5. The van der Waals surface area contributed by atoms with Gasteiger partial charge in [-0.25, -0.2) is 0 Å². The van der Waals surface area contributed by atoms with E-state index in [1.807, 2.05) is 31.6 Å². The molecule has 2 saturated heterocycles. The Kier molecular flexibility index (Phi) is 13.7. The summed E-state index contributed by atoms with van der Waals surface area (Å²) >= 11 is 3.38. The summed E-state index contributed by atoms with van der Waals surface area (Å²) in [5.41, 5.74) is 3.35. The van der Waals surface area contributed by atoms with Gasteiger partial charge in [-0.2, -0.15) is 9.59 Å². The molecule has 0 bridgehead atoms. The van der Waals surface area contributed by atoms with Crippen molar-refractivity contribution in [3.05, 3.63) is 58.1 Å². The van der Waals surface area contributed by atoms with Crippen molar-refractivity contribution >= 4 is 22.1 Å². The van der Waals surface area contributed by atoms with E-state index in [1.54, 1.807) is 6.20 Å². The molecule has 2 aromatic rings. The minimum absolute atomic E-state index is 0.0146. The van der Waals surface area contributed by atoms with Gasteiger partial charge in [0.05, 0.1) is 13.2 Å². The lowest BCUT2D eigenvalue weighted by molar-refractivity contribution is -0.191. The van der Waals surface area contributed by atoms with E-state index in [0.29, 0.717) is 13.2 Å². The summed E-state index contributed by atoms with van der Waals surface area (Å²) in [6.07, 6.45) is 14.2. The molecular weight excluding hydrogens is 492 g/mol. The van der Waals surface area contributed by atoms with Gasteiger partial charge in [0.1, 0.15) is 0 Å². The molecule has 0 amide bonds. The maximum atomic E-state index is 8.12. The Bertz CT molecular complexity index is 772. The summed E-state index contributed by atoms with van der Waals surface area (Å²) in [5, 5.41) is 0. The van der Waals surface area contributed by atoms with Gasteiger partial charge in [0.2, 0.25) is 0 Å². The number of rotatable bonds is 6. The van der Waals surface area contributed by atoms with E-state index in [0.717, 1.165) is 54.5 Å². The maximum absolute atomic E-state index is 8.12. The highest BCUT2D eigenvalue weighted by molar-refractivity contribution is 9.10. The lowest BCUT2D eigenvalue weighted by atomic mass is 10.2. The first-order valence-corrected chi connectivity index (χ1v) is 11.9. The van der Waals surface area contributed by atoms with Crippen LogP contribution in [0.1, 0.15) is 55.2 Å². The van der Waals surface area contributed by atoms with Gasteiger partial charge in [-0.05, 0) is 84.1 Å². The molecule has 8 nitrogen and oxygen atoms in total. The summed E-state index contributed by atoms with van der Waals surface area (Å²) < 4.78 is 23.2. The highest BCUT2D eigenvalue weighted by Crippen LogP contribution is 2.17. The standard InChI is InChI=1S/C12H17NO2.C11H14BrNO2.CO2/c1-10-6-11(8-13-7-10)9-15-12-4-2-3-5-14-12;12-10-5-9(6-13-7-10)8-15-11-3-1-2-4-14-11;2-1-3/h6-8,12H,2-5,9H2,1H3;5-7,11H,1-4,8H2;. The molecule has 4 rings (SSSR count). The fourth-order valence-electron chi connectivity index (χ4n) is 3.29. The van der Waals surface area contributed by atoms with E-state index in [1.165, 1.54) is 18.4 Å². The smallest absolute Gasteiger partial charge is 0.353 e. The lowest BCUT2D eigenvalue weighted by Gasteiger charge is -2.22. The molecule has 0 aromatic carbocycles. The number of ether oxygens (including phenoxy) is 4. The fraction of sp³-hybridized carbons (Fsp3) is 0.542. The molecule has 4 heterocycles. The van der Waals surface area contributed by atoms with Gasteiger partial charge in [-0.1, -0.05) is 6.07 Å². The predicted molar refractivity (Wildman–Crippen MR) is 123 cm³/mol. The molecule has 2 unspecified atom stereocenters. The van der Waals surface area contributed by atoms with Gasteiger partial charge in [0, 0.05) is 42.5 Å². The Labute approximate surface area is 203 Å². The van der Waals surface area contributed by atoms with Crippen LogP contribution in [0.4, 0.5) is 0 Å². The van der Waals surface area contributed by atoms with E-state index in [-0.39, 0.29) is 18.7 Å². The molecule has 2 aliphatic heterocycles. The van der Waals surface area contributed by atoms with Crippen LogP contribution in [-0.4, -0.2) is 41.9 Å². The highest BCUT2D eigenvalue weighted by atomic mass is 79.9. The van der Waals surface area contributed by atoms with Gasteiger partial charge in [-0.3, -0.25) is 9.97 Å². The molecule has 0 N–H and O–H groups in total. The van der Waals surface area contributed by atoms with Crippen LogP contribution in [-0.2, 0) is 41.8 Å². The average molecular weight is 523 g/mol. The zero-order chi connectivity index (χ0) is 23.7. The molecule has 2 fully saturated rings. The van der Waals surface area contributed by atoms with Crippen molar-refractivity contribution in [1.29, 1.82) is 0 Å². The topological polar surface area (TPSA) is 96.8 Å². The summed E-state index contributed by atoms with van der Waals surface area (Å²) in [7, 11) is 0. The Morgan fingerprint density at radius 1 is 0.879 bits per heavy atom. The van der Waals surface area contributed by atoms with Crippen molar-refractivity contribution in [3.8, 4) is 0 Å². The van der Waals surface area contributed by atoms with Crippen LogP contribution in [0.15, 0.2) is 41.4 Å². The Balaban J connectivity index is 0.000000209. The average Bonchev–Trinajstić information content (AvgIpc) is 2.84. The quantitative estimate of drug-likeness (QED) is 0.536. The molecule has 2 aromatic heterocycles. The van der Waals surface area contributed by atoms with Gasteiger partial charge in [-0.15, -0.1) is 0 Å². The number of pyridine rings is 2. The first-order valence-electron chi connectivity index (χ1n) is 11.1. The molecule has 2 aliphatic rings. The first-order chi connectivity index (χ1) is 16.1. The molecule has 9 heteroatoms. The van der Waals surface area contributed by atoms with Gasteiger partial charge >= 0.3 is 6.15 Å². The molecular formula is C24H31BrN2O6. The third-order valence-electron chi connectivity index (χ3n) is 4.84. The van der Waals surface area contributed by atoms with Crippen LogP contribution in [0.2, 0.25) is 0 Å². The Hall–Kier alpha value is -2.00. The number of carbonyl (C=O) groups excluding carboxylic acids is 2. The number of hydrogen-bond acceptors (Lipinski definition) is 8. The molecule has 0 saturated carbocycles. The predicted octanol–water partition coefficient (Wildman–Crippen LogP) is 4.74. The van der Waals surface area contributed by atoms with E-state index in [2.05, 4.69) is 32.0 Å². The molecule has 33 heavy (non-hydrogen) atoms. The van der Waals surface area contributed by atoms with Crippen LogP contribution in [0.25, 0.3) is 0 Å². The van der Waals surface area contributed by atoms with E-state index in [9.17, 15) is 0 Å². The largest absolute Gasteiger partial charge is 0.373 e. The molecule has 0 radical (unpaired) electrons. The van der Waals surface area contributed by atoms with Crippen molar-refractivity contribution in [1.82, 2.24) is 9.97 Å². The summed E-state index contributed by atoms with van der Waals surface area (Å²) in [6, 6.07) is 4.10. The zero-order valence-electron chi connectivity index (χ0n) is 18.9. The highest BCUT2D eigenvalue weighted by Gasteiger charge is 2.14. The number of halogens is 1. The monoisotopic (exact) mass is 522 g/mol. The number of aromatic nitrogens is 2. The van der Waals surface area contributed by atoms with Gasteiger partial charge in [0.25, 0.3) is 0 Å². The summed E-state index contributed by atoms with van der Waals surface area (Å²) in [6.45, 7) is 4.85. The minimum Gasteiger partial charge on any atom is -0.353 e. The Morgan fingerprint density at radius 3 is 1.85 bits per heavy atom. The van der Waals surface area contributed by atoms with Crippen molar-refractivity contribution in [2.24, 2.45) is 0 Å². The third kappa shape index (κ3) is 12.1.